The molecule has 1 aromatic carbocycles. The maximum Gasteiger partial charge on any atom is 0.253 e. The van der Waals surface area contributed by atoms with Gasteiger partial charge < -0.3 is 15.0 Å². The number of nitrogens with zero attached hydrogens (tertiary/aromatic N) is 3. The maximum absolute atomic E-state index is 13.1. The van der Waals surface area contributed by atoms with E-state index in [1.165, 1.54) is 35.6 Å². The lowest BCUT2D eigenvalue weighted by Crippen LogP contribution is -2.44. The van der Waals surface area contributed by atoms with Crippen molar-refractivity contribution in [1.29, 1.82) is 0 Å². The molecule has 0 bridgehead atoms. The summed E-state index contributed by atoms with van der Waals surface area (Å²) in [7, 11) is 0. The number of nitrogens with one attached hydrogen (secondary N) is 1. The van der Waals surface area contributed by atoms with E-state index in [4.69, 9.17) is 4.74 Å². The third kappa shape index (κ3) is 5.70. The molecule has 0 unspecified atom stereocenters. The molecule has 3 heterocycles. The fourth-order valence-electron chi connectivity index (χ4n) is 4.41. The molecule has 2 fully saturated rings. The second-order valence-electron chi connectivity index (χ2n) is 8.66. The molecular weight excluding hydrogens is 431 g/mol. The van der Waals surface area contributed by atoms with Gasteiger partial charge in [0.15, 0.2) is 5.13 Å². The van der Waals surface area contributed by atoms with Gasteiger partial charge in [0.1, 0.15) is 5.82 Å². The normalized spacial score (nSPS) is 22.7. The smallest absolute Gasteiger partial charge is 0.253 e. The molecule has 172 valence electrons. The molecule has 2 amide bonds. The van der Waals surface area contributed by atoms with Crippen LogP contribution in [0.25, 0.3) is 0 Å². The predicted octanol–water partition coefficient (Wildman–Crippen LogP) is 3.38. The van der Waals surface area contributed by atoms with E-state index in [9.17, 15) is 14.0 Å². The molecule has 2 aliphatic rings. The highest BCUT2D eigenvalue weighted by molar-refractivity contribution is 7.13. The summed E-state index contributed by atoms with van der Waals surface area (Å²) in [5, 5.41) is 5.55. The van der Waals surface area contributed by atoms with Gasteiger partial charge in [0.2, 0.25) is 5.91 Å². The van der Waals surface area contributed by atoms with Gasteiger partial charge in [0, 0.05) is 49.6 Å². The van der Waals surface area contributed by atoms with Gasteiger partial charge >= 0.3 is 0 Å². The number of amides is 2. The number of morpholine rings is 1. The molecule has 4 rings (SSSR count). The van der Waals surface area contributed by atoms with Crippen LogP contribution in [0.15, 0.2) is 29.6 Å². The number of likely N-dealkylation sites (tertiary alicyclic amines) is 1. The van der Waals surface area contributed by atoms with Crippen LogP contribution in [0, 0.1) is 11.7 Å². The molecule has 0 spiro atoms. The Kier molecular flexibility index (Phi) is 7.17. The van der Waals surface area contributed by atoms with Crippen LogP contribution >= 0.6 is 11.3 Å². The van der Waals surface area contributed by atoms with Crippen molar-refractivity contribution in [3.05, 3.63) is 46.7 Å². The number of hydrogen-bond acceptors (Lipinski definition) is 6. The molecule has 0 aliphatic carbocycles. The lowest BCUT2D eigenvalue weighted by molar-refractivity contribution is -0.121. The highest BCUT2D eigenvalue weighted by atomic mass is 32.1. The average molecular weight is 461 g/mol. The van der Waals surface area contributed by atoms with E-state index in [1.807, 2.05) is 5.38 Å². The molecule has 9 heteroatoms. The van der Waals surface area contributed by atoms with Gasteiger partial charge in [-0.2, -0.15) is 0 Å². The summed E-state index contributed by atoms with van der Waals surface area (Å²) in [6.45, 7) is 7.66. The van der Waals surface area contributed by atoms with Crippen LogP contribution in [0.1, 0.15) is 42.7 Å². The zero-order valence-corrected chi connectivity index (χ0v) is 19.2. The van der Waals surface area contributed by atoms with Gasteiger partial charge in [-0.15, -0.1) is 11.3 Å². The van der Waals surface area contributed by atoms with Crippen molar-refractivity contribution in [2.75, 3.05) is 31.5 Å². The lowest BCUT2D eigenvalue weighted by Gasteiger charge is -2.34. The second kappa shape index (κ2) is 10.1. The summed E-state index contributed by atoms with van der Waals surface area (Å²) in [4.78, 5) is 33.9. The third-order valence-corrected chi connectivity index (χ3v) is 6.71. The van der Waals surface area contributed by atoms with E-state index >= 15 is 0 Å². The first-order chi connectivity index (χ1) is 15.4. The monoisotopic (exact) mass is 460 g/mol. The van der Waals surface area contributed by atoms with Gasteiger partial charge in [-0.1, -0.05) is 0 Å². The molecular formula is C23H29FN4O3S. The Morgan fingerprint density at radius 3 is 2.47 bits per heavy atom. The molecule has 2 aliphatic heterocycles. The first-order valence-electron chi connectivity index (χ1n) is 11.1. The molecule has 7 nitrogen and oxygen atoms in total. The molecule has 32 heavy (non-hydrogen) atoms. The van der Waals surface area contributed by atoms with Gasteiger partial charge in [0.05, 0.1) is 17.9 Å². The van der Waals surface area contributed by atoms with Crippen molar-refractivity contribution in [2.24, 2.45) is 5.92 Å². The highest BCUT2D eigenvalue weighted by Crippen LogP contribution is 2.23. The molecule has 2 saturated heterocycles. The van der Waals surface area contributed by atoms with Gasteiger partial charge in [-0.3, -0.25) is 14.5 Å². The SMILES string of the molecule is C[C@H]1CN(Cc2csc(NC(=O)C3CCN(C(=O)c4ccc(F)cc4)CC3)n2)C[C@H](C)O1. The first-order valence-corrected chi connectivity index (χ1v) is 11.9. The zero-order chi connectivity index (χ0) is 22.7. The van der Waals surface area contributed by atoms with Crippen LogP contribution in [0.3, 0.4) is 0 Å². The fraction of sp³-hybridized carbons (Fsp3) is 0.522. The van der Waals surface area contributed by atoms with Crippen LogP contribution in [0.4, 0.5) is 9.52 Å². The number of hydrogen-bond donors (Lipinski definition) is 1. The summed E-state index contributed by atoms with van der Waals surface area (Å²) in [5.41, 5.74) is 1.42. The van der Waals surface area contributed by atoms with Crippen molar-refractivity contribution < 1.29 is 18.7 Å². The number of thiazole rings is 1. The number of piperidine rings is 1. The number of halogens is 1. The number of carbonyl (C=O) groups excluding carboxylic acids is 2. The van der Waals surface area contributed by atoms with Crippen LogP contribution in [-0.2, 0) is 16.1 Å². The van der Waals surface area contributed by atoms with E-state index in [-0.39, 0.29) is 35.8 Å². The second-order valence-corrected chi connectivity index (χ2v) is 9.52. The summed E-state index contributed by atoms with van der Waals surface area (Å²) in [5.74, 6) is -0.689. The Labute approximate surface area is 191 Å². The number of ether oxygens (including phenoxy) is 1. The van der Waals surface area contributed by atoms with E-state index < -0.39 is 0 Å². The van der Waals surface area contributed by atoms with Crippen molar-refractivity contribution in [2.45, 2.75) is 45.4 Å². The Balaban J connectivity index is 1.25. The first kappa shape index (κ1) is 22.8. The molecule has 1 aromatic heterocycles. The fourth-order valence-corrected chi connectivity index (χ4v) is 5.11. The Bertz CT molecular complexity index is 933. The molecule has 2 atom stereocenters. The predicted molar refractivity (Wildman–Crippen MR) is 121 cm³/mol. The summed E-state index contributed by atoms with van der Waals surface area (Å²) in [6, 6.07) is 5.56. The molecule has 1 N–H and O–H groups in total. The van der Waals surface area contributed by atoms with Crippen molar-refractivity contribution in [3.8, 4) is 0 Å². The summed E-state index contributed by atoms with van der Waals surface area (Å²) < 4.78 is 18.9. The van der Waals surface area contributed by atoms with E-state index in [1.54, 1.807) is 4.90 Å². The van der Waals surface area contributed by atoms with Crippen LogP contribution in [-0.4, -0.2) is 65.0 Å². The number of carbonyl (C=O) groups is 2. The van der Waals surface area contributed by atoms with Gasteiger partial charge in [-0.25, -0.2) is 9.37 Å². The van der Waals surface area contributed by atoms with Crippen molar-refractivity contribution in [1.82, 2.24) is 14.8 Å². The molecule has 2 aromatic rings. The number of anilines is 1. The van der Waals surface area contributed by atoms with E-state index in [0.29, 0.717) is 36.6 Å². The topological polar surface area (TPSA) is 74.8 Å². The van der Waals surface area contributed by atoms with Crippen LogP contribution in [0.2, 0.25) is 0 Å². The van der Waals surface area contributed by atoms with Crippen LogP contribution in [0.5, 0.6) is 0 Å². The summed E-state index contributed by atoms with van der Waals surface area (Å²) in [6.07, 6.45) is 1.61. The minimum absolute atomic E-state index is 0.0478. The summed E-state index contributed by atoms with van der Waals surface area (Å²) >= 11 is 1.44. The quantitative estimate of drug-likeness (QED) is 0.741. The van der Waals surface area contributed by atoms with Crippen molar-refractivity contribution >= 4 is 28.3 Å². The number of benzene rings is 1. The van der Waals surface area contributed by atoms with Gasteiger partial charge in [-0.05, 0) is 51.0 Å². The highest BCUT2D eigenvalue weighted by Gasteiger charge is 2.28. The Morgan fingerprint density at radius 1 is 1.16 bits per heavy atom. The minimum Gasteiger partial charge on any atom is -0.373 e. The largest absolute Gasteiger partial charge is 0.373 e. The Morgan fingerprint density at radius 2 is 1.81 bits per heavy atom. The third-order valence-electron chi connectivity index (χ3n) is 5.91. The van der Waals surface area contributed by atoms with E-state index in [0.717, 1.165) is 25.3 Å². The van der Waals surface area contributed by atoms with Crippen molar-refractivity contribution in [3.63, 3.8) is 0 Å². The lowest BCUT2D eigenvalue weighted by atomic mass is 9.95. The maximum atomic E-state index is 13.1. The zero-order valence-electron chi connectivity index (χ0n) is 18.4. The molecule has 0 saturated carbocycles. The van der Waals surface area contributed by atoms with Gasteiger partial charge in [0.25, 0.3) is 5.91 Å². The number of rotatable bonds is 5. The Hall–Kier alpha value is -2.36. The molecule has 0 radical (unpaired) electrons. The standard InChI is InChI=1S/C23H29FN4O3S/c1-15-11-27(12-16(2)31-15)13-20-14-32-23(25-20)26-21(29)17-7-9-28(10-8-17)22(30)18-3-5-19(24)6-4-18/h3-6,14-17H,7-13H2,1-2H3,(H,25,26,29)/t15-,16-/m0/s1. The van der Waals surface area contributed by atoms with E-state index in [2.05, 4.69) is 29.0 Å². The number of aromatic nitrogens is 1. The minimum atomic E-state index is -0.365. The average Bonchev–Trinajstić information content (AvgIpc) is 3.19. The van der Waals surface area contributed by atoms with Crippen LogP contribution < -0.4 is 5.32 Å².